The molecule has 0 spiro atoms. The third kappa shape index (κ3) is 4.34. The number of carboxylic acids is 1. The fraction of sp³-hybridized carbons (Fsp3) is 0.500. The Morgan fingerprint density at radius 2 is 1.79 bits per heavy atom. The molecule has 1 saturated carbocycles. The molecule has 0 aromatic heterocycles. The minimum absolute atomic E-state index is 0.0443. The van der Waals surface area contributed by atoms with Gasteiger partial charge in [0.25, 0.3) is 5.91 Å². The van der Waals surface area contributed by atoms with E-state index in [0.717, 1.165) is 5.56 Å². The van der Waals surface area contributed by atoms with Gasteiger partial charge < -0.3 is 15.3 Å². The van der Waals surface area contributed by atoms with Crippen LogP contribution in [0.2, 0.25) is 0 Å². The maximum atomic E-state index is 12.1. The largest absolute Gasteiger partial charge is 0.481 e. The first-order valence-electron chi connectivity index (χ1n) is 8.15. The van der Waals surface area contributed by atoms with Crippen LogP contribution in [-0.2, 0) is 16.1 Å². The topological polar surface area (TPSA) is 86.7 Å². The summed E-state index contributed by atoms with van der Waals surface area (Å²) in [6.07, 6.45) is 0.975. The summed E-state index contributed by atoms with van der Waals surface area (Å²) in [7, 11) is 1.76. The molecule has 6 heteroatoms. The molecule has 0 bridgehead atoms. The van der Waals surface area contributed by atoms with Crippen molar-refractivity contribution in [3.8, 4) is 0 Å². The van der Waals surface area contributed by atoms with Crippen LogP contribution in [0.15, 0.2) is 24.3 Å². The van der Waals surface area contributed by atoms with Gasteiger partial charge in [0.2, 0.25) is 5.91 Å². The highest BCUT2D eigenvalue weighted by atomic mass is 16.4. The molecule has 1 aromatic rings. The number of nitrogens with zero attached hydrogens (tertiary/aromatic N) is 1. The van der Waals surface area contributed by atoms with E-state index in [1.54, 1.807) is 24.1 Å². The average Bonchev–Trinajstić information content (AvgIpc) is 2.49. The van der Waals surface area contributed by atoms with Crippen molar-refractivity contribution in [1.29, 1.82) is 0 Å². The Kier molecular flexibility index (Phi) is 5.59. The summed E-state index contributed by atoms with van der Waals surface area (Å²) in [5.74, 6) is -1.30. The Balaban J connectivity index is 1.86. The van der Waals surface area contributed by atoms with E-state index in [2.05, 4.69) is 5.32 Å². The summed E-state index contributed by atoms with van der Waals surface area (Å²) < 4.78 is 0. The molecule has 2 rings (SSSR count). The van der Waals surface area contributed by atoms with Gasteiger partial charge in [-0.15, -0.1) is 0 Å². The highest BCUT2D eigenvalue weighted by Gasteiger charge is 2.35. The zero-order chi connectivity index (χ0) is 17.9. The second-order valence-electron chi connectivity index (χ2n) is 6.72. The molecule has 2 N–H and O–H groups in total. The van der Waals surface area contributed by atoms with Crippen molar-refractivity contribution in [2.45, 2.75) is 39.3 Å². The molecule has 0 unspecified atom stereocenters. The standard InChI is InChI=1S/C18H24N2O4/c1-11(2)17(22)20(3)10-12-4-6-13(7-5-12)16(21)19-15-8-14(9-15)18(23)24/h4-7,11,14-15H,8-10H2,1-3H3,(H,19,21)(H,23,24). The molecule has 0 atom stereocenters. The lowest BCUT2D eigenvalue weighted by atomic mass is 9.80. The van der Waals surface area contributed by atoms with Crippen molar-refractivity contribution in [2.75, 3.05) is 7.05 Å². The van der Waals surface area contributed by atoms with Crippen LogP contribution >= 0.6 is 0 Å². The van der Waals surface area contributed by atoms with Crippen LogP contribution in [0.5, 0.6) is 0 Å². The van der Waals surface area contributed by atoms with Crippen molar-refractivity contribution < 1.29 is 19.5 Å². The van der Waals surface area contributed by atoms with Gasteiger partial charge in [-0.3, -0.25) is 14.4 Å². The van der Waals surface area contributed by atoms with Crippen molar-refractivity contribution in [2.24, 2.45) is 11.8 Å². The molecule has 0 saturated heterocycles. The van der Waals surface area contributed by atoms with Crippen LogP contribution in [0.1, 0.15) is 42.6 Å². The maximum absolute atomic E-state index is 12.1. The monoisotopic (exact) mass is 332 g/mol. The smallest absolute Gasteiger partial charge is 0.306 e. The summed E-state index contributed by atoms with van der Waals surface area (Å²) in [6, 6.07) is 7.06. The van der Waals surface area contributed by atoms with E-state index in [0.29, 0.717) is 24.9 Å². The Bertz CT molecular complexity index is 618. The molecule has 1 aromatic carbocycles. The van der Waals surface area contributed by atoms with Gasteiger partial charge in [0.15, 0.2) is 0 Å². The molecule has 1 aliphatic rings. The minimum atomic E-state index is -0.801. The normalized spacial score (nSPS) is 19.5. The van der Waals surface area contributed by atoms with Crippen LogP contribution in [0.4, 0.5) is 0 Å². The number of carbonyl (C=O) groups is 3. The molecule has 130 valence electrons. The Labute approximate surface area is 141 Å². The molecule has 1 aliphatic carbocycles. The van der Waals surface area contributed by atoms with Gasteiger partial charge in [0, 0.05) is 31.1 Å². The number of carboxylic acid groups (broad SMARTS) is 1. The molecule has 2 amide bonds. The van der Waals surface area contributed by atoms with Crippen LogP contribution in [0, 0.1) is 11.8 Å². The molecule has 1 fully saturated rings. The van der Waals surface area contributed by atoms with Crippen LogP contribution < -0.4 is 5.32 Å². The van der Waals surface area contributed by atoms with Crippen molar-refractivity contribution in [3.05, 3.63) is 35.4 Å². The number of amides is 2. The Morgan fingerprint density at radius 3 is 2.29 bits per heavy atom. The quantitative estimate of drug-likeness (QED) is 0.833. The molecule has 0 radical (unpaired) electrons. The molecule has 0 aliphatic heterocycles. The number of benzene rings is 1. The lowest BCUT2D eigenvalue weighted by Crippen LogP contribution is -2.46. The van der Waals surface area contributed by atoms with E-state index >= 15 is 0 Å². The Hall–Kier alpha value is -2.37. The summed E-state index contributed by atoms with van der Waals surface area (Å²) in [5.41, 5.74) is 1.49. The van der Waals surface area contributed by atoms with E-state index < -0.39 is 5.97 Å². The number of rotatable bonds is 6. The fourth-order valence-electron chi connectivity index (χ4n) is 2.76. The molecule has 6 nitrogen and oxygen atoms in total. The SMILES string of the molecule is CC(C)C(=O)N(C)Cc1ccc(C(=O)NC2CC(C(=O)O)C2)cc1. The van der Waals surface area contributed by atoms with Crippen molar-refractivity contribution in [1.82, 2.24) is 10.2 Å². The first kappa shape index (κ1) is 18.0. The third-order valence-electron chi connectivity index (χ3n) is 4.33. The van der Waals surface area contributed by atoms with Crippen LogP contribution in [0.3, 0.4) is 0 Å². The summed E-state index contributed by atoms with van der Waals surface area (Å²) >= 11 is 0. The minimum Gasteiger partial charge on any atom is -0.481 e. The maximum Gasteiger partial charge on any atom is 0.306 e. The molecule has 0 heterocycles. The van der Waals surface area contributed by atoms with Gasteiger partial charge in [-0.2, -0.15) is 0 Å². The molecular formula is C18H24N2O4. The van der Waals surface area contributed by atoms with Gasteiger partial charge in [-0.1, -0.05) is 26.0 Å². The van der Waals surface area contributed by atoms with Crippen molar-refractivity contribution in [3.63, 3.8) is 0 Å². The summed E-state index contributed by atoms with van der Waals surface area (Å²) in [5, 5.41) is 11.7. The summed E-state index contributed by atoms with van der Waals surface area (Å²) in [6.45, 7) is 4.23. The molecular weight excluding hydrogens is 308 g/mol. The highest BCUT2D eigenvalue weighted by molar-refractivity contribution is 5.94. The van der Waals surface area contributed by atoms with Crippen molar-refractivity contribution >= 4 is 17.8 Å². The number of hydrogen-bond acceptors (Lipinski definition) is 3. The number of nitrogens with one attached hydrogen (secondary N) is 1. The molecule has 24 heavy (non-hydrogen) atoms. The third-order valence-corrected chi connectivity index (χ3v) is 4.33. The summed E-state index contributed by atoms with van der Waals surface area (Å²) in [4.78, 5) is 36.4. The van der Waals surface area contributed by atoms with E-state index in [9.17, 15) is 14.4 Å². The fourth-order valence-corrected chi connectivity index (χ4v) is 2.76. The van der Waals surface area contributed by atoms with Gasteiger partial charge in [0.1, 0.15) is 0 Å². The lowest BCUT2D eigenvalue weighted by molar-refractivity contribution is -0.145. The van der Waals surface area contributed by atoms with Gasteiger partial charge in [0.05, 0.1) is 5.92 Å². The predicted molar refractivity (Wildman–Crippen MR) is 89.4 cm³/mol. The second kappa shape index (κ2) is 7.47. The number of aliphatic carboxylic acids is 1. The average molecular weight is 332 g/mol. The van der Waals surface area contributed by atoms with E-state index in [1.807, 2.05) is 26.0 Å². The van der Waals surface area contributed by atoms with Gasteiger partial charge >= 0.3 is 5.97 Å². The van der Waals surface area contributed by atoms with E-state index in [1.165, 1.54) is 0 Å². The van der Waals surface area contributed by atoms with Crippen LogP contribution in [-0.4, -0.2) is 40.9 Å². The van der Waals surface area contributed by atoms with Gasteiger partial charge in [-0.25, -0.2) is 0 Å². The second-order valence-corrected chi connectivity index (χ2v) is 6.72. The van der Waals surface area contributed by atoms with Crippen LogP contribution in [0.25, 0.3) is 0 Å². The predicted octanol–water partition coefficient (Wildman–Crippen LogP) is 1.89. The first-order chi connectivity index (χ1) is 11.3. The van der Waals surface area contributed by atoms with Gasteiger partial charge in [-0.05, 0) is 30.5 Å². The lowest BCUT2D eigenvalue weighted by Gasteiger charge is -2.32. The first-order valence-corrected chi connectivity index (χ1v) is 8.15. The highest BCUT2D eigenvalue weighted by Crippen LogP contribution is 2.27. The zero-order valence-corrected chi connectivity index (χ0v) is 14.3. The van der Waals surface area contributed by atoms with E-state index in [4.69, 9.17) is 5.11 Å². The number of hydrogen-bond donors (Lipinski definition) is 2. The number of carbonyl (C=O) groups excluding carboxylic acids is 2. The Morgan fingerprint density at radius 1 is 1.21 bits per heavy atom. The zero-order valence-electron chi connectivity index (χ0n) is 14.3. The van der Waals surface area contributed by atoms with E-state index in [-0.39, 0.29) is 29.7 Å².